The molecule has 0 aliphatic carbocycles. The quantitative estimate of drug-likeness (QED) is 0.694. The first kappa shape index (κ1) is 22.7. The van der Waals surface area contributed by atoms with Crippen molar-refractivity contribution in [2.24, 2.45) is 5.92 Å². The third-order valence-corrected chi connectivity index (χ3v) is 7.02. The number of piperidine rings is 3. The SMILES string of the molecule is C[C@@H]1[C@@H](NC(=O)c2ccc(Cl)cc2)C2CCN1CC2.Cc1ccc(S(=O)(=O)O)cc1. The normalized spacial score (nSPS) is 25.2. The molecule has 3 aliphatic rings. The van der Waals surface area contributed by atoms with E-state index in [9.17, 15) is 13.2 Å². The molecule has 0 aromatic heterocycles. The van der Waals surface area contributed by atoms with Gasteiger partial charge in [0.1, 0.15) is 0 Å². The van der Waals surface area contributed by atoms with E-state index < -0.39 is 10.1 Å². The highest BCUT2D eigenvalue weighted by atomic mass is 35.5. The van der Waals surface area contributed by atoms with Gasteiger partial charge in [-0.15, -0.1) is 0 Å². The summed E-state index contributed by atoms with van der Waals surface area (Å²) in [4.78, 5) is 14.7. The Morgan fingerprint density at radius 3 is 2.13 bits per heavy atom. The summed E-state index contributed by atoms with van der Waals surface area (Å²) in [5, 5.41) is 3.87. The fraction of sp³-hybridized carbons (Fsp3) is 0.409. The number of fused-ring (bicyclic) bond motifs is 3. The Morgan fingerprint density at radius 2 is 1.63 bits per heavy atom. The Balaban J connectivity index is 0.000000199. The van der Waals surface area contributed by atoms with Crippen molar-refractivity contribution < 1.29 is 17.8 Å². The van der Waals surface area contributed by atoms with E-state index in [1.807, 2.05) is 6.92 Å². The summed E-state index contributed by atoms with van der Waals surface area (Å²) in [5.41, 5.74) is 1.64. The number of aryl methyl sites for hydroxylation is 1. The lowest BCUT2D eigenvalue weighted by Crippen LogP contribution is -2.62. The van der Waals surface area contributed by atoms with Crippen molar-refractivity contribution in [3.05, 3.63) is 64.7 Å². The van der Waals surface area contributed by atoms with Crippen LogP contribution in [0.15, 0.2) is 53.4 Å². The number of hydrogen-bond donors (Lipinski definition) is 2. The molecule has 2 aromatic rings. The number of halogens is 1. The molecule has 0 radical (unpaired) electrons. The fourth-order valence-corrected chi connectivity index (χ4v) is 4.70. The van der Waals surface area contributed by atoms with Gasteiger partial charge < -0.3 is 5.32 Å². The van der Waals surface area contributed by atoms with Crippen LogP contribution in [0.25, 0.3) is 0 Å². The van der Waals surface area contributed by atoms with Crippen LogP contribution in [0, 0.1) is 12.8 Å². The molecule has 2 N–H and O–H groups in total. The molecule has 3 aliphatic heterocycles. The number of benzene rings is 2. The summed E-state index contributed by atoms with van der Waals surface area (Å²) in [7, 11) is -4.02. The smallest absolute Gasteiger partial charge is 0.294 e. The summed E-state index contributed by atoms with van der Waals surface area (Å²) < 4.78 is 29.6. The van der Waals surface area contributed by atoms with Gasteiger partial charge in [-0.3, -0.25) is 14.2 Å². The number of hydrogen-bond acceptors (Lipinski definition) is 4. The van der Waals surface area contributed by atoms with Gasteiger partial charge >= 0.3 is 0 Å². The molecule has 6 nitrogen and oxygen atoms in total. The zero-order valence-corrected chi connectivity index (χ0v) is 18.7. The van der Waals surface area contributed by atoms with Crippen molar-refractivity contribution in [1.29, 1.82) is 0 Å². The first-order valence-electron chi connectivity index (χ1n) is 10.00. The van der Waals surface area contributed by atoms with Gasteiger partial charge in [-0.05, 0) is 82.1 Å². The molecule has 2 bridgehead atoms. The van der Waals surface area contributed by atoms with E-state index in [2.05, 4.69) is 17.1 Å². The number of carbonyl (C=O) groups is 1. The number of nitrogens with one attached hydrogen (secondary N) is 1. The average molecular weight is 451 g/mol. The molecule has 1 amide bonds. The van der Waals surface area contributed by atoms with Crippen molar-refractivity contribution in [2.75, 3.05) is 13.1 Å². The van der Waals surface area contributed by atoms with Crippen molar-refractivity contribution in [1.82, 2.24) is 10.2 Å². The maximum Gasteiger partial charge on any atom is 0.294 e. The van der Waals surface area contributed by atoms with E-state index in [1.54, 1.807) is 36.4 Å². The van der Waals surface area contributed by atoms with Crippen LogP contribution < -0.4 is 5.32 Å². The standard InChI is InChI=1S/C15H19ClN2O.C7H8O3S/c1-10-14(11-6-8-18(10)9-7-11)17-15(19)12-2-4-13(16)5-3-12;1-6-2-4-7(5-3-6)11(8,9)10/h2-5,10-11,14H,6-9H2,1H3,(H,17,19);2-5H,1H3,(H,8,9,10)/t10-,14-;/m1./s1. The largest absolute Gasteiger partial charge is 0.347 e. The highest BCUT2D eigenvalue weighted by Gasteiger charge is 2.40. The minimum Gasteiger partial charge on any atom is -0.347 e. The van der Waals surface area contributed by atoms with Crippen molar-refractivity contribution >= 4 is 27.6 Å². The van der Waals surface area contributed by atoms with Crippen LogP contribution in [0.2, 0.25) is 5.02 Å². The van der Waals surface area contributed by atoms with E-state index >= 15 is 0 Å². The minimum absolute atomic E-state index is 0.0160. The molecule has 8 heteroatoms. The van der Waals surface area contributed by atoms with Crippen molar-refractivity contribution in [3.63, 3.8) is 0 Å². The number of nitrogens with zero attached hydrogens (tertiary/aromatic N) is 1. The lowest BCUT2D eigenvalue weighted by atomic mass is 9.79. The van der Waals surface area contributed by atoms with Crippen LogP contribution in [-0.2, 0) is 10.1 Å². The lowest BCUT2D eigenvalue weighted by Gasteiger charge is -2.49. The predicted octanol–water partition coefficient (Wildman–Crippen LogP) is 3.79. The number of rotatable bonds is 3. The molecule has 3 saturated heterocycles. The molecule has 3 fully saturated rings. The molecule has 162 valence electrons. The monoisotopic (exact) mass is 450 g/mol. The maximum atomic E-state index is 12.3. The second-order valence-corrected chi connectivity index (χ2v) is 9.77. The summed E-state index contributed by atoms with van der Waals surface area (Å²) in [6, 6.07) is 13.8. The van der Waals surface area contributed by atoms with Crippen LogP contribution >= 0.6 is 11.6 Å². The summed E-state index contributed by atoms with van der Waals surface area (Å²) in [6.07, 6.45) is 2.41. The highest BCUT2D eigenvalue weighted by molar-refractivity contribution is 7.85. The molecule has 30 heavy (non-hydrogen) atoms. The third kappa shape index (κ3) is 5.60. The molecule has 0 spiro atoms. The molecule has 3 heterocycles. The van der Waals surface area contributed by atoms with Gasteiger partial charge in [-0.1, -0.05) is 29.3 Å². The van der Waals surface area contributed by atoms with Crippen LogP contribution in [0.5, 0.6) is 0 Å². The van der Waals surface area contributed by atoms with Gasteiger partial charge in [-0.2, -0.15) is 8.42 Å². The van der Waals surface area contributed by atoms with Gasteiger partial charge in [0.15, 0.2) is 0 Å². The Bertz CT molecular complexity index is 967. The Hall–Kier alpha value is -1.93. The van der Waals surface area contributed by atoms with E-state index in [4.69, 9.17) is 16.2 Å². The molecule has 2 atom stereocenters. The number of amides is 1. The van der Waals surface area contributed by atoms with Gasteiger partial charge in [0.25, 0.3) is 16.0 Å². The Morgan fingerprint density at radius 1 is 1.07 bits per heavy atom. The second kappa shape index (κ2) is 9.47. The topological polar surface area (TPSA) is 86.7 Å². The van der Waals surface area contributed by atoms with E-state index in [0.29, 0.717) is 22.5 Å². The molecular formula is C22H27ClN2O4S. The van der Waals surface area contributed by atoms with E-state index in [0.717, 1.165) is 5.56 Å². The first-order valence-corrected chi connectivity index (χ1v) is 11.8. The fourth-order valence-electron chi connectivity index (χ4n) is 4.09. The third-order valence-electron chi connectivity index (χ3n) is 5.90. The Labute approximate surface area is 183 Å². The van der Waals surface area contributed by atoms with Crippen molar-refractivity contribution in [3.8, 4) is 0 Å². The predicted molar refractivity (Wildman–Crippen MR) is 117 cm³/mol. The molecule has 0 saturated carbocycles. The Kier molecular flexibility index (Phi) is 7.18. The average Bonchev–Trinajstić information content (AvgIpc) is 2.71. The zero-order valence-electron chi connectivity index (χ0n) is 17.1. The maximum absolute atomic E-state index is 12.3. The molecular weight excluding hydrogens is 424 g/mol. The molecule has 5 rings (SSSR count). The molecule has 2 aromatic carbocycles. The summed E-state index contributed by atoms with van der Waals surface area (Å²) in [6.45, 7) is 6.42. The van der Waals surface area contributed by atoms with E-state index in [-0.39, 0.29) is 16.8 Å². The minimum atomic E-state index is -4.02. The van der Waals surface area contributed by atoms with Gasteiger partial charge in [0, 0.05) is 22.7 Å². The lowest BCUT2D eigenvalue weighted by molar-refractivity contribution is 0.0217. The summed E-state index contributed by atoms with van der Waals surface area (Å²) >= 11 is 5.84. The highest BCUT2D eigenvalue weighted by Crippen LogP contribution is 2.32. The van der Waals surface area contributed by atoms with Crippen molar-refractivity contribution in [2.45, 2.75) is 43.7 Å². The van der Waals surface area contributed by atoms with Crippen LogP contribution in [-0.4, -0.2) is 49.0 Å². The molecule has 0 unspecified atom stereocenters. The van der Waals surface area contributed by atoms with Crippen LogP contribution in [0.1, 0.15) is 35.7 Å². The van der Waals surface area contributed by atoms with E-state index in [1.165, 1.54) is 38.1 Å². The van der Waals surface area contributed by atoms with Gasteiger partial charge in [0.2, 0.25) is 0 Å². The van der Waals surface area contributed by atoms with Gasteiger partial charge in [-0.25, -0.2) is 0 Å². The van der Waals surface area contributed by atoms with Gasteiger partial charge in [0.05, 0.1) is 4.90 Å². The van der Waals surface area contributed by atoms with Crippen LogP contribution in [0.4, 0.5) is 0 Å². The zero-order chi connectivity index (χ0) is 21.9. The van der Waals surface area contributed by atoms with Crippen LogP contribution in [0.3, 0.4) is 0 Å². The first-order chi connectivity index (χ1) is 14.1. The summed E-state index contributed by atoms with van der Waals surface area (Å²) in [5.74, 6) is 0.651. The number of carbonyl (C=O) groups excluding carboxylic acids is 1. The second-order valence-electron chi connectivity index (χ2n) is 7.91.